The Morgan fingerprint density at radius 1 is 0.742 bits per heavy atom. The Morgan fingerprint density at radius 2 is 1.39 bits per heavy atom. The number of aryl methyl sites for hydroxylation is 4. The maximum Gasteiger partial charge on any atom is 0.282 e. The molecule has 4 rings (SSSR count). The van der Waals surface area contributed by atoms with Crippen LogP contribution < -0.4 is 10.2 Å². The van der Waals surface area contributed by atoms with Crippen LogP contribution >= 0.6 is 11.6 Å². The van der Waals surface area contributed by atoms with Gasteiger partial charge in [-0.1, -0.05) is 59.6 Å². The van der Waals surface area contributed by atoms with Crippen molar-refractivity contribution in [3.63, 3.8) is 0 Å². The fourth-order valence-electron chi connectivity index (χ4n) is 3.63. The monoisotopic (exact) mass is 430 g/mol. The largest absolute Gasteiger partial charge is 0.350 e. The molecule has 0 unspecified atom stereocenters. The lowest BCUT2D eigenvalue weighted by Gasteiger charge is -2.18. The van der Waals surface area contributed by atoms with Crippen LogP contribution in [0.15, 0.2) is 66.4 Å². The van der Waals surface area contributed by atoms with Gasteiger partial charge in [0.15, 0.2) is 0 Å². The minimum Gasteiger partial charge on any atom is -0.350 e. The molecule has 5 heteroatoms. The molecule has 0 atom stereocenters. The summed E-state index contributed by atoms with van der Waals surface area (Å²) in [6.45, 7) is 7.73. The van der Waals surface area contributed by atoms with E-state index >= 15 is 0 Å². The molecule has 0 saturated heterocycles. The summed E-state index contributed by atoms with van der Waals surface area (Å²) in [7, 11) is 0. The Bertz CT molecular complexity index is 1240. The summed E-state index contributed by atoms with van der Waals surface area (Å²) in [5, 5.41) is 3.76. The SMILES string of the molecule is Cc1ccc(C2=C(Nc3ccc(C)c(Cl)c3)C(=O)N(c3cc(C)ccc3C)C2=O)cc1. The van der Waals surface area contributed by atoms with Crippen LogP contribution in [0.4, 0.5) is 11.4 Å². The summed E-state index contributed by atoms with van der Waals surface area (Å²) in [5.41, 5.74) is 6.38. The van der Waals surface area contributed by atoms with E-state index in [1.54, 1.807) is 6.07 Å². The molecule has 1 heterocycles. The first-order chi connectivity index (χ1) is 14.8. The van der Waals surface area contributed by atoms with Crippen molar-refractivity contribution < 1.29 is 9.59 Å². The molecular formula is C26H23ClN2O2. The Labute approximate surface area is 187 Å². The van der Waals surface area contributed by atoms with Crippen molar-refractivity contribution in [3.8, 4) is 0 Å². The molecule has 3 aromatic carbocycles. The van der Waals surface area contributed by atoms with Gasteiger partial charge in [0, 0.05) is 10.7 Å². The van der Waals surface area contributed by atoms with Gasteiger partial charge in [-0.3, -0.25) is 9.59 Å². The van der Waals surface area contributed by atoms with Crippen molar-refractivity contribution >= 4 is 40.4 Å². The molecule has 0 aromatic heterocycles. The summed E-state index contributed by atoms with van der Waals surface area (Å²) in [4.78, 5) is 28.4. The highest BCUT2D eigenvalue weighted by Gasteiger charge is 2.40. The van der Waals surface area contributed by atoms with E-state index in [0.717, 1.165) is 22.3 Å². The quantitative estimate of drug-likeness (QED) is 0.518. The third-order valence-electron chi connectivity index (χ3n) is 5.47. The van der Waals surface area contributed by atoms with E-state index in [0.29, 0.717) is 27.5 Å². The van der Waals surface area contributed by atoms with Crippen LogP contribution in [-0.4, -0.2) is 11.8 Å². The van der Waals surface area contributed by atoms with Crippen molar-refractivity contribution in [3.05, 3.63) is 99.2 Å². The number of nitrogens with one attached hydrogen (secondary N) is 1. The highest BCUT2D eigenvalue weighted by molar-refractivity contribution is 6.46. The zero-order valence-corrected chi connectivity index (χ0v) is 18.7. The van der Waals surface area contributed by atoms with Gasteiger partial charge < -0.3 is 5.32 Å². The standard InChI is InChI=1S/C26H23ClN2O2/c1-15-6-10-19(11-7-15)23-24(28-20-12-9-17(3)21(27)14-20)26(31)29(25(23)30)22-13-16(2)5-8-18(22)4/h5-14,28H,1-4H3. The van der Waals surface area contributed by atoms with E-state index < -0.39 is 0 Å². The number of carbonyl (C=O) groups is 2. The van der Waals surface area contributed by atoms with Crippen LogP contribution in [0.25, 0.3) is 5.57 Å². The lowest BCUT2D eigenvalue weighted by molar-refractivity contribution is -0.120. The van der Waals surface area contributed by atoms with E-state index in [-0.39, 0.29) is 17.5 Å². The van der Waals surface area contributed by atoms with E-state index in [2.05, 4.69) is 5.32 Å². The van der Waals surface area contributed by atoms with E-state index in [9.17, 15) is 9.59 Å². The van der Waals surface area contributed by atoms with E-state index in [4.69, 9.17) is 11.6 Å². The van der Waals surface area contributed by atoms with Crippen LogP contribution in [0.3, 0.4) is 0 Å². The second-order valence-electron chi connectivity index (χ2n) is 7.94. The van der Waals surface area contributed by atoms with Crippen molar-refractivity contribution in [1.29, 1.82) is 0 Å². The third kappa shape index (κ3) is 3.87. The number of amides is 2. The molecule has 1 aliphatic heterocycles. The Morgan fingerprint density at radius 3 is 2.06 bits per heavy atom. The fourth-order valence-corrected chi connectivity index (χ4v) is 3.81. The van der Waals surface area contributed by atoms with E-state index in [1.165, 1.54) is 4.90 Å². The van der Waals surface area contributed by atoms with Gasteiger partial charge in [0.2, 0.25) is 0 Å². The van der Waals surface area contributed by atoms with Crippen LogP contribution in [0, 0.1) is 27.7 Å². The highest BCUT2D eigenvalue weighted by Crippen LogP contribution is 2.36. The van der Waals surface area contributed by atoms with E-state index in [1.807, 2.05) is 82.3 Å². The lowest BCUT2D eigenvalue weighted by atomic mass is 10.0. The number of hydrogen-bond acceptors (Lipinski definition) is 3. The van der Waals surface area contributed by atoms with Crippen LogP contribution in [-0.2, 0) is 9.59 Å². The van der Waals surface area contributed by atoms with Gasteiger partial charge in [0.1, 0.15) is 5.70 Å². The van der Waals surface area contributed by atoms with Crippen LogP contribution in [0.5, 0.6) is 0 Å². The Kier molecular flexibility index (Phi) is 5.42. The lowest BCUT2D eigenvalue weighted by Crippen LogP contribution is -2.33. The van der Waals surface area contributed by atoms with Gasteiger partial charge in [-0.2, -0.15) is 0 Å². The highest BCUT2D eigenvalue weighted by atomic mass is 35.5. The molecule has 1 aliphatic rings. The van der Waals surface area contributed by atoms with Gasteiger partial charge in [-0.15, -0.1) is 0 Å². The molecule has 4 nitrogen and oxygen atoms in total. The van der Waals surface area contributed by atoms with Gasteiger partial charge in [0.05, 0.1) is 11.3 Å². The molecule has 0 saturated carbocycles. The summed E-state index contributed by atoms with van der Waals surface area (Å²) in [6, 6.07) is 18.8. The second kappa shape index (κ2) is 8.05. The average molecular weight is 431 g/mol. The zero-order chi connectivity index (χ0) is 22.3. The number of nitrogens with zero attached hydrogens (tertiary/aromatic N) is 1. The minimum absolute atomic E-state index is 0.245. The molecule has 0 fully saturated rings. The summed E-state index contributed by atoms with van der Waals surface area (Å²) >= 11 is 6.28. The molecule has 156 valence electrons. The normalized spacial score (nSPS) is 13.9. The second-order valence-corrected chi connectivity index (χ2v) is 8.35. The van der Waals surface area contributed by atoms with Crippen molar-refractivity contribution in [2.75, 3.05) is 10.2 Å². The summed E-state index contributed by atoms with van der Waals surface area (Å²) < 4.78 is 0. The number of halogens is 1. The first-order valence-electron chi connectivity index (χ1n) is 10.1. The first-order valence-corrected chi connectivity index (χ1v) is 10.4. The van der Waals surface area contributed by atoms with Crippen molar-refractivity contribution in [2.45, 2.75) is 27.7 Å². The van der Waals surface area contributed by atoms with Gasteiger partial charge in [-0.25, -0.2) is 4.90 Å². The maximum absolute atomic E-state index is 13.6. The Balaban J connectivity index is 1.85. The molecule has 0 radical (unpaired) electrons. The smallest absolute Gasteiger partial charge is 0.282 e. The third-order valence-corrected chi connectivity index (χ3v) is 5.88. The number of hydrogen-bond donors (Lipinski definition) is 1. The molecule has 0 bridgehead atoms. The van der Waals surface area contributed by atoms with Crippen LogP contribution in [0.2, 0.25) is 5.02 Å². The predicted molar refractivity (Wildman–Crippen MR) is 126 cm³/mol. The average Bonchev–Trinajstić information content (AvgIpc) is 2.97. The topological polar surface area (TPSA) is 49.4 Å². The number of benzene rings is 3. The first kappa shape index (κ1) is 20.9. The minimum atomic E-state index is -0.383. The van der Waals surface area contributed by atoms with Gasteiger partial charge >= 0.3 is 0 Å². The molecule has 2 amide bonds. The van der Waals surface area contributed by atoms with Crippen molar-refractivity contribution in [2.24, 2.45) is 0 Å². The molecular weight excluding hydrogens is 408 g/mol. The van der Waals surface area contributed by atoms with Crippen molar-refractivity contribution in [1.82, 2.24) is 0 Å². The summed E-state index contributed by atoms with van der Waals surface area (Å²) in [6.07, 6.45) is 0. The molecule has 3 aromatic rings. The zero-order valence-electron chi connectivity index (χ0n) is 17.9. The maximum atomic E-state index is 13.6. The number of rotatable bonds is 4. The fraction of sp³-hybridized carbons (Fsp3) is 0.154. The summed E-state index contributed by atoms with van der Waals surface area (Å²) in [5.74, 6) is -0.728. The van der Waals surface area contributed by atoms with Gasteiger partial charge in [-0.05, 0) is 68.1 Å². The molecule has 0 spiro atoms. The molecule has 1 N–H and O–H groups in total. The number of imide groups is 1. The number of carbonyl (C=O) groups excluding carboxylic acids is 2. The molecule has 31 heavy (non-hydrogen) atoms. The predicted octanol–water partition coefficient (Wildman–Crippen LogP) is 5.97. The molecule has 0 aliphatic carbocycles. The number of anilines is 2. The Hall–Kier alpha value is -3.37. The van der Waals surface area contributed by atoms with Crippen LogP contribution in [0.1, 0.15) is 27.8 Å². The van der Waals surface area contributed by atoms with Gasteiger partial charge in [0.25, 0.3) is 11.8 Å².